The number of carboxylic acids is 1. The number of hydrogen-bond donors (Lipinski definition) is 2. The van der Waals surface area contributed by atoms with Crippen LogP contribution < -0.4 is 5.32 Å². The molecule has 1 atom stereocenters. The van der Waals surface area contributed by atoms with Crippen molar-refractivity contribution in [3.63, 3.8) is 0 Å². The van der Waals surface area contributed by atoms with E-state index in [1.54, 1.807) is 19.0 Å². The fourth-order valence-electron chi connectivity index (χ4n) is 0.704. The highest BCUT2D eigenvalue weighted by Crippen LogP contribution is 2.08. The maximum absolute atomic E-state index is 10.7. The van der Waals surface area contributed by atoms with Crippen LogP contribution in [-0.2, 0) is 9.59 Å². The zero-order chi connectivity index (χ0) is 12.0. The Balaban J connectivity index is 4.13. The summed E-state index contributed by atoms with van der Waals surface area (Å²) in [4.78, 5) is 23.2. The third-order valence-electron chi connectivity index (χ3n) is 1.41. The standard InChI is InChI=1S/C8H14N2O3S2/c1-5(11)9-6(7(12)13)4-15-8(14)10(2)3/h6H,4H2,1-3H3,(H,9,11)(H,12,13)/t6-/m1/s1. The average molecular weight is 250 g/mol. The van der Waals surface area contributed by atoms with Crippen LogP contribution in [0.15, 0.2) is 0 Å². The summed E-state index contributed by atoms with van der Waals surface area (Å²) in [6.45, 7) is 1.28. The van der Waals surface area contributed by atoms with Crippen molar-refractivity contribution in [3.05, 3.63) is 0 Å². The van der Waals surface area contributed by atoms with Crippen molar-refractivity contribution in [2.24, 2.45) is 0 Å². The van der Waals surface area contributed by atoms with E-state index in [4.69, 9.17) is 17.3 Å². The van der Waals surface area contributed by atoms with E-state index < -0.39 is 12.0 Å². The molecule has 0 saturated heterocycles. The van der Waals surface area contributed by atoms with Crippen molar-refractivity contribution < 1.29 is 14.7 Å². The molecule has 0 unspecified atom stereocenters. The molecule has 0 rings (SSSR count). The normalized spacial score (nSPS) is 11.7. The SMILES string of the molecule is CC(=O)N[C@H](CSC(=S)N(C)C)C(=O)O. The number of nitrogens with one attached hydrogen (secondary N) is 1. The summed E-state index contributed by atoms with van der Waals surface area (Å²) >= 11 is 6.20. The molecule has 1 amide bonds. The number of carboxylic acid groups (broad SMARTS) is 1. The number of carbonyl (C=O) groups is 2. The molecule has 0 aromatic carbocycles. The van der Waals surface area contributed by atoms with Crippen molar-refractivity contribution in [1.29, 1.82) is 0 Å². The van der Waals surface area contributed by atoms with Gasteiger partial charge in [0, 0.05) is 26.8 Å². The fraction of sp³-hybridized carbons (Fsp3) is 0.625. The molecule has 0 fully saturated rings. The van der Waals surface area contributed by atoms with E-state index in [9.17, 15) is 9.59 Å². The zero-order valence-electron chi connectivity index (χ0n) is 8.81. The highest BCUT2D eigenvalue weighted by molar-refractivity contribution is 8.22. The van der Waals surface area contributed by atoms with Crippen LogP contribution in [0.1, 0.15) is 6.92 Å². The first-order valence-electron chi connectivity index (χ1n) is 4.18. The molecule has 15 heavy (non-hydrogen) atoms. The van der Waals surface area contributed by atoms with Crippen LogP contribution in [0.25, 0.3) is 0 Å². The second kappa shape index (κ2) is 6.62. The first-order chi connectivity index (χ1) is 6.84. The molecule has 7 heteroatoms. The lowest BCUT2D eigenvalue weighted by Crippen LogP contribution is -2.42. The van der Waals surface area contributed by atoms with E-state index >= 15 is 0 Å². The summed E-state index contributed by atoms with van der Waals surface area (Å²) in [5, 5.41) is 11.1. The van der Waals surface area contributed by atoms with E-state index in [2.05, 4.69) is 5.32 Å². The van der Waals surface area contributed by atoms with Crippen LogP contribution in [-0.4, -0.2) is 52.1 Å². The monoisotopic (exact) mass is 250 g/mol. The summed E-state index contributed by atoms with van der Waals surface area (Å²) in [5.41, 5.74) is 0. The first kappa shape index (κ1) is 14.2. The third kappa shape index (κ3) is 6.29. The summed E-state index contributed by atoms with van der Waals surface area (Å²) < 4.78 is 0.589. The Kier molecular flexibility index (Phi) is 6.26. The minimum Gasteiger partial charge on any atom is -0.480 e. The second-order valence-corrected chi connectivity index (χ2v) is 4.72. The van der Waals surface area contributed by atoms with E-state index in [1.807, 2.05) is 0 Å². The molecular weight excluding hydrogens is 236 g/mol. The molecule has 0 aliphatic carbocycles. The fourth-order valence-corrected chi connectivity index (χ4v) is 1.70. The van der Waals surface area contributed by atoms with Gasteiger partial charge in [0.1, 0.15) is 10.4 Å². The predicted octanol–water partition coefficient (Wildman–Crippen LogP) is 0.155. The van der Waals surface area contributed by atoms with Crippen molar-refractivity contribution in [2.75, 3.05) is 19.8 Å². The van der Waals surface area contributed by atoms with E-state index in [0.29, 0.717) is 4.32 Å². The Morgan fingerprint density at radius 2 is 2.07 bits per heavy atom. The molecule has 0 aliphatic heterocycles. The molecular formula is C8H14N2O3S2. The molecule has 86 valence electrons. The molecule has 0 aromatic rings. The van der Waals surface area contributed by atoms with Crippen molar-refractivity contribution in [1.82, 2.24) is 10.2 Å². The molecule has 2 N–H and O–H groups in total. The maximum Gasteiger partial charge on any atom is 0.327 e. The van der Waals surface area contributed by atoms with Crippen molar-refractivity contribution >= 4 is 40.2 Å². The van der Waals surface area contributed by atoms with Crippen LogP contribution in [0, 0.1) is 0 Å². The molecule has 0 bridgehead atoms. The number of nitrogens with zero attached hydrogens (tertiary/aromatic N) is 1. The Morgan fingerprint density at radius 3 is 2.40 bits per heavy atom. The summed E-state index contributed by atoms with van der Waals surface area (Å²) in [7, 11) is 3.56. The van der Waals surface area contributed by atoms with Crippen LogP contribution in [0.5, 0.6) is 0 Å². The minimum atomic E-state index is -1.06. The number of rotatable bonds is 4. The number of amides is 1. The number of thioether (sulfide) groups is 1. The predicted molar refractivity (Wildman–Crippen MR) is 64.0 cm³/mol. The molecule has 0 radical (unpaired) electrons. The van der Waals surface area contributed by atoms with Crippen LogP contribution in [0.4, 0.5) is 0 Å². The number of hydrogen-bond acceptors (Lipinski definition) is 4. The Bertz CT molecular complexity index is 269. The van der Waals surface area contributed by atoms with Crippen molar-refractivity contribution in [2.45, 2.75) is 13.0 Å². The van der Waals surface area contributed by atoms with Crippen molar-refractivity contribution in [3.8, 4) is 0 Å². The highest BCUT2D eigenvalue weighted by atomic mass is 32.2. The summed E-state index contributed by atoms with van der Waals surface area (Å²) in [6, 6.07) is -0.898. The second-order valence-electron chi connectivity index (χ2n) is 3.06. The number of thiocarbonyl (C=S) groups is 1. The Labute approximate surface area is 98.2 Å². The van der Waals surface area contributed by atoms with Gasteiger partial charge in [-0.15, -0.1) is 0 Å². The average Bonchev–Trinajstić information content (AvgIpc) is 2.10. The maximum atomic E-state index is 10.7. The number of carbonyl (C=O) groups excluding carboxylic acids is 1. The summed E-state index contributed by atoms with van der Waals surface area (Å²) in [5.74, 6) is -1.19. The molecule has 0 aromatic heterocycles. The summed E-state index contributed by atoms with van der Waals surface area (Å²) in [6.07, 6.45) is 0. The lowest BCUT2D eigenvalue weighted by molar-refractivity contribution is -0.140. The molecule has 5 nitrogen and oxygen atoms in total. The topological polar surface area (TPSA) is 69.6 Å². The van der Waals surface area contributed by atoms with Crippen LogP contribution >= 0.6 is 24.0 Å². The highest BCUT2D eigenvalue weighted by Gasteiger charge is 2.19. The van der Waals surface area contributed by atoms with Gasteiger partial charge < -0.3 is 15.3 Å². The molecule has 0 heterocycles. The number of aliphatic carboxylic acids is 1. The zero-order valence-corrected chi connectivity index (χ0v) is 10.4. The van der Waals surface area contributed by atoms with Gasteiger partial charge in [-0.2, -0.15) is 0 Å². The van der Waals surface area contributed by atoms with Crippen LogP contribution in [0.2, 0.25) is 0 Å². The molecule has 0 spiro atoms. The van der Waals surface area contributed by atoms with E-state index in [-0.39, 0.29) is 11.7 Å². The largest absolute Gasteiger partial charge is 0.480 e. The van der Waals surface area contributed by atoms with Gasteiger partial charge in [-0.05, 0) is 0 Å². The van der Waals surface area contributed by atoms with E-state index in [1.165, 1.54) is 18.7 Å². The van der Waals surface area contributed by atoms with E-state index in [0.717, 1.165) is 0 Å². The lowest BCUT2D eigenvalue weighted by atomic mass is 10.3. The quantitative estimate of drug-likeness (QED) is 0.693. The Hall–Kier alpha value is -0.820. The van der Waals surface area contributed by atoms with Gasteiger partial charge in [-0.1, -0.05) is 24.0 Å². The molecule has 0 saturated carbocycles. The van der Waals surface area contributed by atoms with Gasteiger partial charge in [0.05, 0.1) is 0 Å². The first-order valence-corrected chi connectivity index (χ1v) is 5.58. The van der Waals surface area contributed by atoms with Gasteiger partial charge in [0.2, 0.25) is 5.91 Å². The molecule has 0 aliphatic rings. The third-order valence-corrected chi connectivity index (χ3v) is 3.25. The lowest BCUT2D eigenvalue weighted by Gasteiger charge is -2.16. The van der Waals surface area contributed by atoms with Gasteiger partial charge in [0.15, 0.2) is 0 Å². The smallest absolute Gasteiger partial charge is 0.327 e. The van der Waals surface area contributed by atoms with Gasteiger partial charge >= 0.3 is 5.97 Å². The Morgan fingerprint density at radius 1 is 1.53 bits per heavy atom. The van der Waals surface area contributed by atoms with Crippen LogP contribution in [0.3, 0.4) is 0 Å². The van der Waals surface area contributed by atoms with Gasteiger partial charge in [-0.25, -0.2) is 4.79 Å². The van der Waals surface area contributed by atoms with Gasteiger partial charge in [-0.3, -0.25) is 4.79 Å². The minimum absolute atomic E-state index is 0.228. The van der Waals surface area contributed by atoms with Gasteiger partial charge in [0.25, 0.3) is 0 Å².